The van der Waals surface area contributed by atoms with Gasteiger partial charge in [-0.25, -0.2) is 0 Å². The van der Waals surface area contributed by atoms with Crippen LogP contribution in [0.3, 0.4) is 0 Å². The summed E-state index contributed by atoms with van der Waals surface area (Å²) < 4.78 is 8.92. The fourth-order valence-electron chi connectivity index (χ4n) is 6.47. The van der Waals surface area contributed by atoms with Crippen LogP contribution in [0.5, 0.6) is 0 Å². The summed E-state index contributed by atoms with van der Waals surface area (Å²) in [5, 5.41) is 7.50. The molecule has 7 aromatic carbocycles. The van der Waals surface area contributed by atoms with Crippen molar-refractivity contribution in [3.8, 4) is 11.1 Å². The summed E-state index contributed by atoms with van der Waals surface area (Å²) in [6, 6.07) is 54.2. The van der Waals surface area contributed by atoms with Crippen LogP contribution in [-0.4, -0.2) is 0 Å². The van der Waals surface area contributed by atoms with Crippen molar-refractivity contribution in [1.29, 1.82) is 0 Å². The van der Waals surface area contributed by atoms with Crippen molar-refractivity contribution in [2.75, 3.05) is 4.90 Å². The van der Waals surface area contributed by atoms with E-state index in [0.29, 0.717) is 0 Å². The Balaban J connectivity index is 1.19. The second kappa shape index (κ2) is 9.59. The van der Waals surface area contributed by atoms with Crippen molar-refractivity contribution in [2.24, 2.45) is 0 Å². The molecule has 0 fully saturated rings. The predicted molar refractivity (Wildman–Crippen MR) is 184 cm³/mol. The average molecular weight is 568 g/mol. The topological polar surface area (TPSA) is 16.4 Å². The summed E-state index contributed by atoms with van der Waals surface area (Å²) in [6.45, 7) is 0. The maximum atomic E-state index is 6.25. The molecule has 0 aliphatic rings. The number of nitrogens with zero attached hydrogens (tertiary/aromatic N) is 1. The number of rotatable bonds is 4. The van der Waals surface area contributed by atoms with Crippen molar-refractivity contribution in [2.45, 2.75) is 0 Å². The normalized spacial score (nSPS) is 11.7. The van der Waals surface area contributed by atoms with Crippen molar-refractivity contribution in [1.82, 2.24) is 0 Å². The summed E-state index contributed by atoms with van der Waals surface area (Å²) in [7, 11) is 0. The summed E-state index contributed by atoms with van der Waals surface area (Å²) in [6.07, 6.45) is 0. The smallest absolute Gasteiger partial charge is 0.137 e. The van der Waals surface area contributed by atoms with Gasteiger partial charge in [-0.15, -0.1) is 11.3 Å². The molecule has 9 aromatic rings. The van der Waals surface area contributed by atoms with Gasteiger partial charge < -0.3 is 9.32 Å². The molecule has 0 saturated heterocycles. The fourth-order valence-corrected chi connectivity index (χ4v) is 7.59. The molecule has 0 aliphatic heterocycles. The van der Waals surface area contributed by atoms with Gasteiger partial charge in [0.25, 0.3) is 0 Å². The molecule has 3 heteroatoms. The van der Waals surface area contributed by atoms with Crippen LogP contribution in [0, 0.1) is 0 Å². The molecule has 0 spiro atoms. The highest BCUT2D eigenvalue weighted by Crippen LogP contribution is 2.44. The first kappa shape index (κ1) is 24.2. The first-order valence-electron chi connectivity index (χ1n) is 14.5. The Kier molecular flexibility index (Phi) is 5.40. The Hall–Kier alpha value is -5.38. The lowest BCUT2D eigenvalue weighted by atomic mass is 9.98. The molecule has 202 valence electrons. The molecule has 2 aromatic heterocycles. The van der Waals surface area contributed by atoms with E-state index >= 15 is 0 Å². The lowest BCUT2D eigenvalue weighted by Crippen LogP contribution is -2.10. The minimum atomic E-state index is 0.889. The van der Waals surface area contributed by atoms with Crippen LogP contribution in [0.4, 0.5) is 17.1 Å². The van der Waals surface area contributed by atoms with Gasteiger partial charge in [0.1, 0.15) is 11.2 Å². The highest BCUT2D eigenvalue weighted by molar-refractivity contribution is 7.26. The molecule has 0 saturated carbocycles. The summed E-state index contributed by atoms with van der Waals surface area (Å²) in [5.74, 6) is 0. The number of furan rings is 1. The van der Waals surface area contributed by atoms with E-state index in [1.54, 1.807) is 0 Å². The second-order valence-corrected chi connectivity index (χ2v) is 12.0. The van der Waals surface area contributed by atoms with Gasteiger partial charge in [0, 0.05) is 36.9 Å². The van der Waals surface area contributed by atoms with Gasteiger partial charge in [0.05, 0.1) is 11.1 Å². The molecule has 0 aliphatic carbocycles. The maximum Gasteiger partial charge on any atom is 0.137 e. The van der Waals surface area contributed by atoms with Crippen LogP contribution in [0.2, 0.25) is 0 Å². The number of para-hydroxylation sites is 2. The minimum absolute atomic E-state index is 0.889. The fraction of sp³-hybridized carbons (Fsp3) is 0. The maximum absolute atomic E-state index is 6.25. The molecule has 0 radical (unpaired) electrons. The van der Waals surface area contributed by atoms with Gasteiger partial charge in [-0.05, 0) is 82.6 Å². The lowest BCUT2D eigenvalue weighted by molar-refractivity contribution is 0.669. The Morgan fingerprint density at radius 3 is 2.02 bits per heavy atom. The van der Waals surface area contributed by atoms with Crippen LogP contribution in [-0.2, 0) is 0 Å². The highest BCUT2D eigenvalue weighted by Gasteiger charge is 2.19. The molecule has 2 heterocycles. The van der Waals surface area contributed by atoms with Gasteiger partial charge in [-0.1, -0.05) is 91.0 Å². The van der Waals surface area contributed by atoms with Crippen LogP contribution in [0.1, 0.15) is 0 Å². The minimum Gasteiger partial charge on any atom is -0.456 e. The average Bonchev–Trinajstić information content (AvgIpc) is 3.65. The van der Waals surface area contributed by atoms with Gasteiger partial charge in [-0.3, -0.25) is 0 Å². The Bertz CT molecular complexity index is 2450. The molecule has 43 heavy (non-hydrogen) atoms. The van der Waals surface area contributed by atoms with E-state index in [2.05, 4.69) is 144 Å². The molecule has 0 bridgehead atoms. The van der Waals surface area contributed by atoms with E-state index < -0.39 is 0 Å². The van der Waals surface area contributed by atoms with Crippen LogP contribution in [0.25, 0.3) is 64.0 Å². The zero-order valence-corrected chi connectivity index (χ0v) is 24.0. The van der Waals surface area contributed by atoms with Gasteiger partial charge in [0.2, 0.25) is 0 Å². The molecule has 9 rings (SSSR count). The third-order valence-corrected chi connectivity index (χ3v) is 9.59. The SMILES string of the molecule is c1ccc(N(c2ccc(-c3ccc4ccc5sc6ccccc6c5c4c3)cc2)c2cccc3oc4ccccc4c23)cc1. The largest absolute Gasteiger partial charge is 0.456 e. The molecule has 0 N–H and O–H groups in total. The third kappa shape index (κ3) is 3.86. The van der Waals surface area contributed by atoms with Crippen LogP contribution < -0.4 is 4.90 Å². The van der Waals surface area contributed by atoms with E-state index in [9.17, 15) is 0 Å². The lowest BCUT2D eigenvalue weighted by Gasteiger charge is -2.26. The summed E-state index contributed by atoms with van der Waals surface area (Å²) in [5.41, 5.74) is 7.50. The molecule has 0 unspecified atom stereocenters. The number of thiophene rings is 1. The quantitative estimate of drug-likeness (QED) is 0.210. The Morgan fingerprint density at radius 1 is 0.442 bits per heavy atom. The monoisotopic (exact) mass is 567 g/mol. The van der Waals surface area contributed by atoms with Crippen LogP contribution >= 0.6 is 11.3 Å². The van der Waals surface area contributed by atoms with Crippen molar-refractivity contribution in [3.63, 3.8) is 0 Å². The zero-order valence-electron chi connectivity index (χ0n) is 23.2. The Morgan fingerprint density at radius 2 is 1.14 bits per heavy atom. The van der Waals surface area contributed by atoms with E-state index in [0.717, 1.165) is 39.0 Å². The number of anilines is 3. The van der Waals surface area contributed by atoms with Crippen molar-refractivity contribution in [3.05, 3.63) is 152 Å². The first-order valence-corrected chi connectivity index (χ1v) is 15.3. The summed E-state index contributed by atoms with van der Waals surface area (Å²) in [4.78, 5) is 2.33. The van der Waals surface area contributed by atoms with Gasteiger partial charge in [0.15, 0.2) is 0 Å². The molecule has 0 atom stereocenters. The van der Waals surface area contributed by atoms with Gasteiger partial charge >= 0.3 is 0 Å². The van der Waals surface area contributed by atoms with Crippen LogP contribution in [0.15, 0.2) is 156 Å². The number of hydrogen-bond donors (Lipinski definition) is 0. The van der Waals surface area contributed by atoms with E-state index in [-0.39, 0.29) is 0 Å². The van der Waals surface area contributed by atoms with Gasteiger partial charge in [-0.2, -0.15) is 0 Å². The first-order chi connectivity index (χ1) is 21.3. The Labute approximate surface area is 252 Å². The zero-order chi connectivity index (χ0) is 28.3. The molecular formula is C40H25NOS. The van der Waals surface area contributed by atoms with Crippen molar-refractivity contribution < 1.29 is 4.42 Å². The third-order valence-electron chi connectivity index (χ3n) is 8.45. The number of fused-ring (bicyclic) bond motifs is 8. The molecule has 0 amide bonds. The highest BCUT2D eigenvalue weighted by atomic mass is 32.1. The number of benzene rings is 7. The van der Waals surface area contributed by atoms with Crippen molar-refractivity contribution >= 4 is 81.3 Å². The summed E-state index contributed by atoms with van der Waals surface area (Å²) >= 11 is 1.87. The standard InChI is InChI=1S/C40H25NOS/c1-2-9-29(10-3-1)41(34-13-8-15-36-40(34)31-11-4-6-14-35(31)42-36)30-22-19-26(20-23-30)28-18-17-27-21-24-38-39(33(27)25-28)32-12-5-7-16-37(32)43-38/h1-25H. The molecular weight excluding hydrogens is 543 g/mol. The van der Waals surface area contributed by atoms with E-state index in [1.807, 2.05) is 23.5 Å². The van der Waals surface area contributed by atoms with E-state index in [4.69, 9.17) is 4.42 Å². The predicted octanol–water partition coefficient (Wildman–Crippen LogP) is 12.2. The molecule has 2 nitrogen and oxygen atoms in total. The second-order valence-electron chi connectivity index (χ2n) is 10.9. The number of hydrogen-bond acceptors (Lipinski definition) is 3. The van der Waals surface area contributed by atoms with E-state index in [1.165, 1.54) is 42.1 Å².